The third-order valence-corrected chi connectivity index (χ3v) is 2.76. The van der Waals surface area contributed by atoms with Gasteiger partial charge < -0.3 is 4.74 Å². The van der Waals surface area contributed by atoms with Gasteiger partial charge >= 0.3 is 5.97 Å². The number of benzene rings is 1. The maximum atomic E-state index is 11.2. The molecule has 0 saturated heterocycles. The van der Waals surface area contributed by atoms with Crippen LogP contribution in [0.4, 0.5) is 0 Å². The van der Waals surface area contributed by atoms with Crippen LogP contribution in [-0.4, -0.2) is 18.8 Å². The molecule has 0 bridgehead atoms. The van der Waals surface area contributed by atoms with Crippen LogP contribution in [0.15, 0.2) is 36.4 Å². The summed E-state index contributed by atoms with van der Waals surface area (Å²) in [6.45, 7) is 2.05. The van der Waals surface area contributed by atoms with E-state index in [2.05, 4.69) is 11.7 Å². The lowest BCUT2D eigenvalue weighted by Crippen LogP contribution is -1.96. The van der Waals surface area contributed by atoms with Crippen LogP contribution in [0.1, 0.15) is 12.5 Å². The molecule has 1 aromatic rings. The molecule has 0 spiro atoms. The molecule has 15 heavy (non-hydrogen) atoms. The molecular formula is C12H14O2S. The quantitative estimate of drug-likeness (QED) is 0.578. The van der Waals surface area contributed by atoms with E-state index in [1.807, 2.05) is 30.3 Å². The topological polar surface area (TPSA) is 26.3 Å². The summed E-state index contributed by atoms with van der Waals surface area (Å²) in [7, 11) is 1.39. The number of thioether (sulfide) groups is 1. The monoisotopic (exact) mass is 222 g/mol. The Morgan fingerprint density at radius 3 is 2.60 bits per heavy atom. The Kier molecular flexibility index (Phi) is 4.98. The Hall–Kier alpha value is -1.22. The average molecular weight is 222 g/mol. The Morgan fingerprint density at radius 2 is 2.07 bits per heavy atom. The van der Waals surface area contributed by atoms with Crippen molar-refractivity contribution < 1.29 is 9.53 Å². The highest BCUT2D eigenvalue weighted by atomic mass is 32.2. The molecule has 2 nitrogen and oxygen atoms in total. The van der Waals surface area contributed by atoms with Crippen molar-refractivity contribution in [2.45, 2.75) is 6.92 Å². The van der Waals surface area contributed by atoms with Crippen molar-refractivity contribution >= 4 is 22.6 Å². The predicted molar refractivity (Wildman–Crippen MR) is 64.6 cm³/mol. The molecule has 1 aromatic carbocycles. The van der Waals surface area contributed by atoms with E-state index in [0.717, 1.165) is 16.2 Å². The second-order valence-corrected chi connectivity index (χ2v) is 4.14. The molecule has 1 rings (SSSR count). The highest BCUT2D eigenvalue weighted by Gasteiger charge is 2.04. The second kappa shape index (κ2) is 6.30. The first kappa shape index (κ1) is 11.9. The number of methoxy groups -OCH3 is 1. The maximum absolute atomic E-state index is 11.2. The van der Waals surface area contributed by atoms with E-state index in [9.17, 15) is 4.79 Å². The van der Waals surface area contributed by atoms with E-state index in [4.69, 9.17) is 0 Å². The summed E-state index contributed by atoms with van der Waals surface area (Å²) in [6, 6.07) is 9.83. The summed E-state index contributed by atoms with van der Waals surface area (Å²) < 4.78 is 4.62. The lowest BCUT2D eigenvalue weighted by molar-refractivity contribution is -0.134. The summed E-state index contributed by atoms with van der Waals surface area (Å²) >= 11 is 1.63. The number of carbonyl (C=O) groups excluding carboxylic acids is 1. The second-order valence-electron chi connectivity index (χ2n) is 2.83. The third kappa shape index (κ3) is 3.80. The Morgan fingerprint density at radius 1 is 1.40 bits per heavy atom. The van der Waals surface area contributed by atoms with Crippen LogP contribution >= 0.6 is 11.8 Å². The summed E-state index contributed by atoms with van der Waals surface area (Å²) in [6.07, 6.45) is 1.53. The highest BCUT2D eigenvalue weighted by molar-refractivity contribution is 8.08. The van der Waals surface area contributed by atoms with Crippen molar-refractivity contribution in [3.05, 3.63) is 42.0 Å². The molecule has 0 aromatic heterocycles. The minimum absolute atomic E-state index is 0.310. The highest BCUT2D eigenvalue weighted by Crippen LogP contribution is 2.26. The molecule has 0 unspecified atom stereocenters. The van der Waals surface area contributed by atoms with Gasteiger partial charge in [0.2, 0.25) is 0 Å². The fraction of sp³-hybridized carbons (Fsp3) is 0.250. The summed E-state index contributed by atoms with van der Waals surface area (Å²) in [5.74, 6) is 0.618. The van der Waals surface area contributed by atoms with Gasteiger partial charge in [-0.3, -0.25) is 0 Å². The predicted octanol–water partition coefficient (Wildman–Crippen LogP) is 2.95. The molecule has 0 saturated carbocycles. The van der Waals surface area contributed by atoms with Gasteiger partial charge in [-0.1, -0.05) is 37.3 Å². The molecule has 0 atom stereocenters. The third-order valence-electron chi connectivity index (χ3n) is 1.81. The van der Waals surface area contributed by atoms with Gasteiger partial charge in [-0.2, -0.15) is 0 Å². The lowest BCUT2D eigenvalue weighted by atomic mass is 10.2. The van der Waals surface area contributed by atoms with Gasteiger partial charge in [0.1, 0.15) is 0 Å². The van der Waals surface area contributed by atoms with Crippen molar-refractivity contribution in [2.24, 2.45) is 0 Å². The van der Waals surface area contributed by atoms with Gasteiger partial charge in [0.05, 0.1) is 7.11 Å². The minimum Gasteiger partial charge on any atom is -0.466 e. The minimum atomic E-state index is -0.310. The molecule has 0 fully saturated rings. The maximum Gasteiger partial charge on any atom is 0.331 e. The van der Waals surface area contributed by atoms with E-state index in [0.29, 0.717) is 0 Å². The fourth-order valence-corrected chi connectivity index (χ4v) is 1.93. The van der Waals surface area contributed by atoms with Gasteiger partial charge in [0.15, 0.2) is 0 Å². The van der Waals surface area contributed by atoms with Gasteiger partial charge in [-0.15, -0.1) is 11.8 Å². The van der Waals surface area contributed by atoms with E-state index >= 15 is 0 Å². The van der Waals surface area contributed by atoms with Crippen molar-refractivity contribution in [2.75, 3.05) is 12.9 Å². The first-order chi connectivity index (χ1) is 7.27. The SMILES string of the molecule is CCS/C(=C\C(=O)OC)c1ccccc1. The molecule has 0 aliphatic carbocycles. The Bertz CT molecular complexity index is 344. The number of esters is 1. The largest absolute Gasteiger partial charge is 0.466 e. The van der Waals surface area contributed by atoms with Gasteiger partial charge in [0, 0.05) is 11.0 Å². The molecule has 0 aliphatic heterocycles. The number of ether oxygens (including phenoxy) is 1. The van der Waals surface area contributed by atoms with Crippen LogP contribution in [0.5, 0.6) is 0 Å². The van der Waals surface area contributed by atoms with Gasteiger partial charge in [-0.25, -0.2) is 4.79 Å². The summed E-state index contributed by atoms with van der Waals surface area (Å²) in [5, 5.41) is 0. The van der Waals surface area contributed by atoms with Gasteiger partial charge in [-0.05, 0) is 11.3 Å². The number of hydrogen-bond donors (Lipinski definition) is 0. The molecule has 0 radical (unpaired) electrons. The van der Waals surface area contributed by atoms with Crippen LogP contribution in [0.25, 0.3) is 4.91 Å². The molecule has 80 valence electrons. The molecule has 0 amide bonds. The average Bonchev–Trinajstić information content (AvgIpc) is 2.29. The van der Waals surface area contributed by atoms with Crippen molar-refractivity contribution in [1.82, 2.24) is 0 Å². The van der Waals surface area contributed by atoms with Crippen molar-refractivity contribution in [1.29, 1.82) is 0 Å². The van der Waals surface area contributed by atoms with E-state index in [1.165, 1.54) is 13.2 Å². The number of hydrogen-bond acceptors (Lipinski definition) is 3. The van der Waals surface area contributed by atoms with Crippen LogP contribution in [0.2, 0.25) is 0 Å². The number of rotatable bonds is 4. The van der Waals surface area contributed by atoms with Crippen molar-refractivity contribution in [3.8, 4) is 0 Å². The summed E-state index contributed by atoms with van der Waals surface area (Å²) in [4.78, 5) is 12.1. The van der Waals surface area contributed by atoms with E-state index in [1.54, 1.807) is 11.8 Å². The zero-order valence-electron chi connectivity index (χ0n) is 8.90. The van der Waals surface area contributed by atoms with Crippen LogP contribution < -0.4 is 0 Å². The first-order valence-corrected chi connectivity index (χ1v) is 5.74. The zero-order chi connectivity index (χ0) is 11.1. The normalized spacial score (nSPS) is 11.2. The molecule has 3 heteroatoms. The lowest BCUT2D eigenvalue weighted by Gasteiger charge is -2.04. The van der Waals surface area contributed by atoms with Crippen LogP contribution in [0.3, 0.4) is 0 Å². The zero-order valence-corrected chi connectivity index (χ0v) is 9.71. The molecule has 0 N–H and O–H groups in total. The van der Waals surface area contributed by atoms with Crippen molar-refractivity contribution in [3.63, 3.8) is 0 Å². The molecule has 0 heterocycles. The first-order valence-electron chi connectivity index (χ1n) is 4.75. The van der Waals surface area contributed by atoms with Crippen LogP contribution in [0, 0.1) is 0 Å². The molecule has 0 aliphatic rings. The fourth-order valence-electron chi connectivity index (χ4n) is 1.13. The van der Waals surface area contributed by atoms with Gasteiger partial charge in [0.25, 0.3) is 0 Å². The Labute approximate surface area is 94.3 Å². The Balaban J connectivity index is 2.93. The van der Waals surface area contributed by atoms with Crippen LogP contribution in [-0.2, 0) is 9.53 Å². The van der Waals surface area contributed by atoms with E-state index in [-0.39, 0.29) is 5.97 Å². The summed E-state index contributed by atoms with van der Waals surface area (Å²) in [5.41, 5.74) is 1.05. The standard InChI is InChI=1S/C12H14O2S/c1-3-15-11(9-12(13)14-2)10-7-5-4-6-8-10/h4-9H,3H2,1-2H3/b11-9-. The molecular weight excluding hydrogens is 208 g/mol. The number of carbonyl (C=O) groups is 1. The van der Waals surface area contributed by atoms with E-state index < -0.39 is 0 Å². The smallest absolute Gasteiger partial charge is 0.331 e.